The molecular formula is C8H14F3NO3S. The summed E-state index contributed by atoms with van der Waals surface area (Å²) in [5.74, 6) is 1.60. The first-order valence-corrected chi connectivity index (χ1v) is 6.41. The van der Waals surface area contributed by atoms with Gasteiger partial charge in [-0.15, -0.1) is 0 Å². The summed E-state index contributed by atoms with van der Waals surface area (Å²) in [5, 5.41) is 9.40. The second kappa shape index (κ2) is 5.33. The first kappa shape index (κ1) is 13.7. The zero-order valence-corrected chi connectivity index (χ0v) is 9.34. The predicted octanol–water partition coefficient (Wildman–Crippen LogP) is 1.83. The summed E-state index contributed by atoms with van der Waals surface area (Å²) < 4.78 is 46.7. The number of halogens is 3. The van der Waals surface area contributed by atoms with E-state index in [1.807, 2.05) is 0 Å². The van der Waals surface area contributed by atoms with Crippen LogP contribution >= 0.6 is 0 Å². The van der Waals surface area contributed by atoms with Crippen molar-refractivity contribution in [1.82, 2.24) is 4.75 Å². The highest BCUT2D eigenvalue weighted by atomic mass is 32.3. The molecule has 2 saturated carbocycles. The molecule has 0 saturated heterocycles. The Hall–Kier alpha value is -0.340. The number of fused-ring (bicyclic) bond motifs is 1. The molecule has 0 aromatic rings. The van der Waals surface area contributed by atoms with Gasteiger partial charge in [-0.1, -0.05) is 25.7 Å². The van der Waals surface area contributed by atoms with Crippen LogP contribution in [0, 0.1) is 11.8 Å². The van der Waals surface area contributed by atoms with Crippen LogP contribution < -0.4 is 0 Å². The van der Waals surface area contributed by atoms with Crippen LogP contribution in [0.5, 0.6) is 0 Å². The maximum Gasteiger partial charge on any atom is 0.430 e. The molecule has 2 aliphatic carbocycles. The van der Waals surface area contributed by atoms with Crippen molar-refractivity contribution in [3.63, 3.8) is 0 Å². The third-order valence-corrected chi connectivity index (χ3v) is 3.54. The van der Waals surface area contributed by atoms with Gasteiger partial charge in [0.15, 0.2) is 4.75 Å². The molecule has 0 aromatic carbocycles. The Morgan fingerprint density at radius 2 is 1.69 bits per heavy atom. The number of hydrogen-bond acceptors (Lipinski definition) is 3. The lowest BCUT2D eigenvalue weighted by Gasteiger charge is -2.10. The van der Waals surface area contributed by atoms with E-state index in [4.69, 9.17) is 8.42 Å². The lowest BCUT2D eigenvalue weighted by atomic mass is 9.99. The zero-order valence-electron chi connectivity index (χ0n) is 8.52. The molecule has 0 heterocycles. The Morgan fingerprint density at radius 3 is 2.12 bits per heavy atom. The van der Waals surface area contributed by atoms with Crippen LogP contribution in [0.4, 0.5) is 12.8 Å². The molecule has 16 heavy (non-hydrogen) atoms. The topological polar surface area (TPSA) is 57.6 Å². The van der Waals surface area contributed by atoms with Gasteiger partial charge in [-0.05, 0) is 31.1 Å². The van der Waals surface area contributed by atoms with Crippen molar-refractivity contribution in [2.24, 2.45) is 11.8 Å². The van der Waals surface area contributed by atoms with Crippen molar-refractivity contribution in [3.8, 4) is 0 Å². The Labute approximate surface area is 92.3 Å². The molecule has 3 atom stereocenters. The normalized spacial score (nSPS) is 33.4. The van der Waals surface area contributed by atoms with E-state index in [1.165, 1.54) is 25.7 Å². The standard InChI is InChI=1S/C8H14O.F3NO2S/c9-8-5-4-6-2-1-3-7(6)8;1-4(2)7(3,5)6/h6-9H,1-5H2;. The Bertz CT molecular complexity index is 322. The predicted molar refractivity (Wildman–Crippen MR) is 50.2 cm³/mol. The van der Waals surface area contributed by atoms with Crippen molar-refractivity contribution < 1.29 is 26.4 Å². The molecule has 0 aliphatic heterocycles. The van der Waals surface area contributed by atoms with Crippen LogP contribution in [0.3, 0.4) is 0 Å². The minimum atomic E-state index is -5.74. The molecular weight excluding hydrogens is 247 g/mol. The van der Waals surface area contributed by atoms with Crippen molar-refractivity contribution >= 4 is 10.4 Å². The molecule has 0 spiro atoms. The van der Waals surface area contributed by atoms with Gasteiger partial charge in [0, 0.05) is 0 Å². The van der Waals surface area contributed by atoms with E-state index in [9.17, 15) is 18.0 Å². The van der Waals surface area contributed by atoms with Crippen LogP contribution in [0.1, 0.15) is 32.1 Å². The number of hydrogen-bond donors (Lipinski definition) is 1. The van der Waals surface area contributed by atoms with Gasteiger partial charge in [0.25, 0.3) is 0 Å². The van der Waals surface area contributed by atoms with Gasteiger partial charge in [-0.2, -0.15) is 8.42 Å². The quantitative estimate of drug-likeness (QED) is 0.578. The maximum absolute atomic E-state index is 10.7. The lowest BCUT2D eigenvalue weighted by molar-refractivity contribution is -0.0591. The molecule has 96 valence electrons. The van der Waals surface area contributed by atoms with Crippen LogP contribution in [0.25, 0.3) is 0 Å². The number of aliphatic hydroxyl groups is 1. The molecule has 0 radical (unpaired) electrons. The molecule has 0 amide bonds. The first-order valence-electron chi connectivity index (χ1n) is 5.07. The van der Waals surface area contributed by atoms with E-state index in [0.29, 0.717) is 5.92 Å². The third-order valence-electron chi connectivity index (χ3n) is 3.21. The van der Waals surface area contributed by atoms with Gasteiger partial charge >= 0.3 is 10.4 Å². The van der Waals surface area contributed by atoms with Crippen molar-refractivity contribution in [2.45, 2.75) is 38.2 Å². The largest absolute Gasteiger partial charge is 0.430 e. The Balaban J connectivity index is 0.000000168. The summed E-state index contributed by atoms with van der Waals surface area (Å²) >= 11 is 0. The molecule has 4 nitrogen and oxygen atoms in total. The average molecular weight is 261 g/mol. The van der Waals surface area contributed by atoms with Gasteiger partial charge in [0.1, 0.15) is 0 Å². The lowest BCUT2D eigenvalue weighted by Crippen LogP contribution is -2.13. The van der Waals surface area contributed by atoms with E-state index in [-0.39, 0.29) is 6.10 Å². The third kappa shape index (κ3) is 3.60. The average Bonchev–Trinajstić information content (AvgIpc) is 2.71. The van der Waals surface area contributed by atoms with Crippen molar-refractivity contribution in [2.75, 3.05) is 0 Å². The Morgan fingerprint density at radius 1 is 1.12 bits per heavy atom. The van der Waals surface area contributed by atoms with Gasteiger partial charge in [0.05, 0.1) is 6.10 Å². The number of nitrogens with zero attached hydrogens (tertiary/aromatic N) is 1. The SMILES string of the molecule is O=S(=O)(F)N(F)F.OC1CCC2CCCC12. The highest BCUT2D eigenvalue weighted by Gasteiger charge is 2.37. The summed E-state index contributed by atoms with van der Waals surface area (Å²) in [6, 6.07) is 0. The molecule has 2 fully saturated rings. The molecule has 2 rings (SSSR count). The minimum Gasteiger partial charge on any atom is -0.393 e. The van der Waals surface area contributed by atoms with Gasteiger partial charge in [-0.3, -0.25) is 0 Å². The van der Waals surface area contributed by atoms with Crippen molar-refractivity contribution in [3.05, 3.63) is 0 Å². The van der Waals surface area contributed by atoms with E-state index >= 15 is 0 Å². The van der Waals surface area contributed by atoms with E-state index in [0.717, 1.165) is 12.3 Å². The fourth-order valence-electron chi connectivity index (χ4n) is 2.53. The Kier molecular flexibility index (Phi) is 4.57. The zero-order chi connectivity index (χ0) is 12.3. The molecule has 0 bridgehead atoms. The summed E-state index contributed by atoms with van der Waals surface area (Å²) in [6.07, 6.45) is 6.50. The molecule has 0 aromatic heterocycles. The van der Waals surface area contributed by atoms with E-state index in [2.05, 4.69) is 0 Å². The van der Waals surface area contributed by atoms with Gasteiger partial charge in [-0.25, -0.2) is 0 Å². The van der Waals surface area contributed by atoms with Crippen LogP contribution in [0.2, 0.25) is 0 Å². The summed E-state index contributed by atoms with van der Waals surface area (Å²) in [4.78, 5) is 0. The van der Waals surface area contributed by atoms with Gasteiger partial charge in [0.2, 0.25) is 0 Å². The highest BCUT2D eigenvalue weighted by Crippen LogP contribution is 2.43. The maximum atomic E-state index is 10.7. The monoisotopic (exact) mass is 261 g/mol. The molecule has 8 heteroatoms. The van der Waals surface area contributed by atoms with Gasteiger partial charge < -0.3 is 5.11 Å². The van der Waals surface area contributed by atoms with Crippen molar-refractivity contribution in [1.29, 1.82) is 0 Å². The van der Waals surface area contributed by atoms with Crippen LogP contribution in [-0.2, 0) is 10.4 Å². The molecule has 3 unspecified atom stereocenters. The second-order valence-corrected chi connectivity index (χ2v) is 5.21. The number of rotatable bonds is 1. The summed E-state index contributed by atoms with van der Waals surface area (Å²) in [5.41, 5.74) is 0. The van der Waals surface area contributed by atoms with E-state index in [1.54, 1.807) is 0 Å². The van der Waals surface area contributed by atoms with E-state index < -0.39 is 15.2 Å². The fraction of sp³-hybridized carbons (Fsp3) is 1.00. The highest BCUT2D eigenvalue weighted by molar-refractivity contribution is 7.83. The minimum absolute atomic E-state index is 0.0671. The summed E-state index contributed by atoms with van der Waals surface area (Å²) in [6.45, 7) is 0. The smallest absolute Gasteiger partial charge is 0.393 e. The molecule has 1 N–H and O–H groups in total. The van der Waals surface area contributed by atoms with Crippen LogP contribution in [0.15, 0.2) is 0 Å². The number of aliphatic hydroxyl groups excluding tert-OH is 1. The second-order valence-electron chi connectivity index (χ2n) is 4.11. The first-order chi connectivity index (χ1) is 7.32. The fourth-order valence-corrected chi connectivity index (χ4v) is 2.53. The summed E-state index contributed by atoms with van der Waals surface area (Å²) in [7, 11) is -5.74. The molecule has 2 aliphatic rings. The van der Waals surface area contributed by atoms with Crippen LogP contribution in [-0.4, -0.2) is 24.4 Å².